The Morgan fingerprint density at radius 1 is 1.43 bits per heavy atom. The highest BCUT2D eigenvalue weighted by molar-refractivity contribution is 5.73. The summed E-state index contributed by atoms with van der Waals surface area (Å²) in [5, 5.41) is 8.81. The minimum absolute atomic E-state index is 0.707. The lowest BCUT2D eigenvalue weighted by atomic mass is 10.1. The van der Waals surface area contributed by atoms with E-state index in [0.717, 1.165) is 11.3 Å². The maximum atomic E-state index is 10.7. The molecule has 3 nitrogen and oxygen atoms in total. The zero-order valence-corrected chi connectivity index (χ0v) is 7.90. The Bertz CT molecular complexity index is 410. The van der Waals surface area contributed by atoms with Gasteiger partial charge in [0.2, 0.25) is 0 Å². The minimum Gasteiger partial charge on any atom is -0.465 e. The Labute approximate surface area is 82.3 Å². The topological polar surface area (TPSA) is 40.5 Å². The lowest BCUT2D eigenvalue weighted by molar-refractivity contribution is 0.166. The summed E-state index contributed by atoms with van der Waals surface area (Å²) < 4.78 is 0. The van der Waals surface area contributed by atoms with Gasteiger partial charge in [-0.2, -0.15) is 0 Å². The van der Waals surface area contributed by atoms with Crippen LogP contribution in [0.4, 0.5) is 4.79 Å². The molecule has 0 heterocycles. The normalized spacial score (nSPS) is 13.4. The van der Waals surface area contributed by atoms with E-state index >= 15 is 0 Å². The molecule has 0 saturated heterocycles. The van der Waals surface area contributed by atoms with Gasteiger partial charge in [0.15, 0.2) is 0 Å². The first-order chi connectivity index (χ1) is 6.68. The predicted octanol–water partition coefficient (Wildman–Crippen LogP) is 2.19. The number of likely N-dealkylation sites (N-methyl/N-ethyl adjacent to an activating group) is 1. The monoisotopic (exact) mass is 189 g/mol. The van der Waals surface area contributed by atoms with E-state index < -0.39 is 6.09 Å². The van der Waals surface area contributed by atoms with Crippen LogP contribution in [0.15, 0.2) is 30.0 Å². The molecule has 1 aromatic rings. The molecule has 0 atom stereocenters. The van der Waals surface area contributed by atoms with E-state index in [1.54, 1.807) is 7.05 Å². The fraction of sp³-hybridized carbons (Fsp3) is 0.182. The third-order valence-electron chi connectivity index (χ3n) is 2.47. The quantitative estimate of drug-likeness (QED) is 0.735. The fourth-order valence-corrected chi connectivity index (χ4v) is 1.60. The molecule has 1 N–H and O–H groups in total. The van der Waals surface area contributed by atoms with E-state index in [1.165, 1.54) is 10.5 Å². The summed E-state index contributed by atoms with van der Waals surface area (Å²) in [6, 6.07) is 7.95. The van der Waals surface area contributed by atoms with Crippen LogP contribution >= 0.6 is 0 Å². The van der Waals surface area contributed by atoms with Crippen LogP contribution in [-0.2, 0) is 6.42 Å². The fourth-order valence-electron chi connectivity index (χ4n) is 1.60. The molecule has 1 aromatic carbocycles. The van der Waals surface area contributed by atoms with Crippen molar-refractivity contribution in [1.82, 2.24) is 4.90 Å². The number of rotatable bonds is 1. The van der Waals surface area contributed by atoms with Crippen LogP contribution in [0.1, 0.15) is 11.1 Å². The highest BCUT2D eigenvalue weighted by atomic mass is 16.4. The summed E-state index contributed by atoms with van der Waals surface area (Å²) >= 11 is 0. The van der Waals surface area contributed by atoms with Crippen molar-refractivity contribution in [3.8, 4) is 0 Å². The maximum Gasteiger partial charge on any atom is 0.411 e. The average molecular weight is 189 g/mol. The average Bonchev–Trinajstić information content (AvgIpc) is 2.59. The molecule has 0 bridgehead atoms. The van der Waals surface area contributed by atoms with Gasteiger partial charge < -0.3 is 5.11 Å². The van der Waals surface area contributed by atoms with E-state index in [-0.39, 0.29) is 0 Å². The van der Waals surface area contributed by atoms with E-state index in [4.69, 9.17) is 5.11 Å². The lowest BCUT2D eigenvalue weighted by Crippen LogP contribution is -2.23. The van der Waals surface area contributed by atoms with Crippen LogP contribution in [0.2, 0.25) is 0 Å². The van der Waals surface area contributed by atoms with E-state index in [1.807, 2.05) is 30.3 Å². The Hall–Kier alpha value is -1.77. The largest absolute Gasteiger partial charge is 0.465 e. The Balaban J connectivity index is 2.27. The van der Waals surface area contributed by atoms with Crippen molar-refractivity contribution < 1.29 is 9.90 Å². The summed E-state index contributed by atoms with van der Waals surface area (Å²) in [4.78, 5) is 12.0. The first-order valence-electron chi connectivity index (χ1n) is 4.43. The number of hydrogen-bond acceptors (Lipinski definition) is 1. The van der Waals surface area contributed by atoms with E-state index in [0.29, 0.717) is 6.42 Å². The molecular weight excluding hydrogens is 178 g/mol. The van der Waals surface area contributed by atoms with Gasteiger partial charge in [0.25, 0.3) is 0 Å². The van der Waals surface area contributed by atoms with Crippen molar-refractivity contribution >= 4 is 12.2 Å². The van der Waals surface area contributed by atoms with Crippen molar-refractivity contribution in [3.63, 3.8) is 0 Å². The lowest BCUT2D eigenvalue weighted by Gasteiger charge is -2.13. The highest BCUT2D eigenvalue weighted by Gasteiger charge is 2.18. The molecule has 0 aliphatic heterocycles. The SMILES string of the molecule is CN(C(=O)O)C1=Cc2ccccc2C1. The third kappa shape index (κ3) is 1.37. The van der Waals surface area contributed by atoms with Gasteiger partial charge in [-0.05, 0) is 17.2 Å². The summed E-state index contributed by atoms with van der Waals surface area (Å²) in [6.45, 7) is 0. The van der Waals surface area contributed by atoms with Crippen molar-refractivity contribution in [2.75, 3.05) is 7.05 Å². The number of carbonyl (C=O) groups is 1. The predicted molar refractivity (Wildman–Crippen MR) is 53.9 cm³/mol. The number of benzene rings is 1. The van der Waals surface area contributed by atoms with Gasteiger partial charge in [-0.25, -0.2) is 4.79 Å². The zero-order chi connectivity index (χ0) is 10.1. The van der Waals surface area contributed by atoms with Gasteiger partial charge in [-0.15, -0.1) is 0 Å². The highest BCUT2D eigenvalue weighted by Crippen LogP contribution is 2.25. The first kappa shape index (κ1) is 8.81. The molecular formula is C11H11NO2. The molecule has 1 aliphatic rings. The molecule has 72 valence electrons. The van der Waals surface area contributed by atoms with Gasteiger partial charge >= 0.3 is 6.09 Å². The Morgan fingerprint density at radius 2 is 2.14 bits per heavy atom. The maximum absolute atomic E-state index is 10.7. The molecule has 0 spiro atoms. The number of nitrogens with zero attached hydrogens (tertiary/aromatic N) is 1. The summed E-state index contributed by atoms with van der Waals surface area (Å²) in [5.41, 5.74) is 3.14. The van der Waals surface area contributed by atoms with Crippen LogP contribution in [0.25, 0.3) is 6.08 Å². The van der Waals surface area contributed by atoms with Crippen LogP contribution in [0.3, 0.4) is 0 Å². The van der Waals surface area contributed by atoms with E-state index in [2.05, 4.69) is 0 Å². The van der Waals surface area contributed by atoms with Gasteiger partial charge in [0.05, 0.1) is 0 Å². The second-order valence-electron chi connectivity index (χ2n) is 3.35. The van der Waals surface area contributed by atoms with Gasteiger partial charge in [0.1, 0.15) is 0 Å². The molecule has 0 fully saturated rings. The molecule has 0 unspecified atom stereocenters. The summed E-state index contributed by atoms with van der Waals surface area (Å²) in [6.07, 6.45) is 1.71. The molecule has 0 aromatic heterocycles. The van der Waals surface area contributed by atoms with Gasteiger partial charge in [0, 0.05) is 19.2 Å². The second kappa shape index (κ2) is 3.18. The number of allylic oxidation sites excluding steroid dienone is 1. The molecule has 3 heteroatoms. The smallest absolute Gasteiger partial charge is 0.411 e. The molecule has 14 heavy (non-hydrogen) atoms. The van der Waals surface area contributed by atoms with Crippen LogP contribution < -0.4 is 0 Å². The van der Waals surface area contributed by atoms with Crippen molar-refractivity contribution in [1.29, 1.82) is 0 Å². The first-order valence-corrected chi connectivity index (χ1v) is 4.43. The van der Waals surface area contributed by atoms with Gasteiger partial charge in [-0.3, -0.25) is 4.90 Å². The van der Waals surface area contributed by atoms with Crippen LogP contribution in [0, 0.1) is 0 Å². The van der Waals surface area contributed by atoms with Crippen LogP contribution in [-0.4, -0.2) is 23.1 Å². The molecule has 0 saturated carbocycles. The second-order valence-corrected chi connectivity index (χ2v) is 3.35. The zero-order valence-electron chi connectivity index (χ0n) is 7.90. The van der Waals surface area contributed by atoms with Crippen molar-refractivity contribution in [2.24, 2.45) is 0 Å². The van der Waals surface area contributed by atoms with E-state index in [9.17, 15) is 4.79 Å². The molecule has 1 amide bonds. The molecule has 0 radical (unpaired) electrons. The number of fused-ring (bicyclic) bond motifs is 1. The molecule has 2 rings (SSSR count). The number of carboxylic acid groups (broad SMARTS) is 1. The summed E-state index contributed by atoms with van der Waals surface area (Å²) in [5.74, 6) is 0. The Kier molecular flexibility index (Phi) is 2.00. The van der Waals surface area contributed by atoms with Crippen LogP contribution in [0.5, 0.6) is 0 Å². The summed E-state index contributed by atoms with van der Waals surface area (Å²) in [7, 11) is 1.57. The van der Waals surface area contributed by atoms with Crippen molar-refractivity contribution in [3.05, 3.63) is 41.1 Å². The van der Waals surface area contributed by atoms with Crippen molar-refractivity contribution in [2.45, 2.75) is 6.42 Å². The third-order valence-corrected chi connectivity index (χ3v) is 2.47. The molecule has 1 aliphatic carbocycles. The minimum atomic E-state index is -0.913. The van der Waals surface area contributed by atoms with Gasteiger partial charge in [-0.1, -0.05) is 24.3 Å². The standard InChI is InChI=1S/C11H11NO2/c1-12(11(13)14)10-6-8-4-2-3-5-9(8)7-10/h2-6H,7H2,1H3,(H,13,14). The number of amides is 1. The number of hydrogen-bond donors (Lipinski definition) is 1. The Morgan fingerprint density at radius 3 is 2.79 bits per heavy atom.